The lowest BCUT2D eigenvalue weighted by Gasteiger charge is -2.50. The number of rotatable bonds is 3. The lowest BCUT2D eigenvalue weighted by atomic mass is 9.79. The van der Waals surface area contributed by atoms with E-state index in [0.717, 1.165) is 15.8 Å². The molecule has 1 aromatic carbocycles. The minimum atomic E-state index is 0. The normalized spacial score (nSPS) is 29.3. The molecule has 2 aromatic rings. The topological polar surface area (TPSA) is 45.2 Å². The smallest absolute Gasteiger partial charge is 0.224 e. The van der Waals surface area contributed by atoms with E-state index in [9.17, 15) is 4.79 Å². The molecule has 3 aliphatic rings. The molecule has 6 heteroatoms. The molecule has 3 saturated heterocycles. The zero-order chi connectivity index (χ0) is 15.1. The highest BCUT2D eigenvalue weighted by Gasteiger charge is 2.40. The summed E-state index contributed by atoms with van der Waals surface area (Å²) in [5.41, 5.74) is 3.94. The highest BCUT2D eigenvalue weighted by atomic mass is 35.5. The number of amides is 1. The van der Waals surface area contributed by atoms with Crippen LogP contribution in [0.1, 0.15) is 25.3 Å². The maximum absolute atomic E-state index is 12.4. The fourth-order valence-corrected chi connectivity index (χ4v) is 4.72. The molecule has 124 valence electrons. The fraction of sp³-hybridized carbons (Fsp3) is 0.529. The Morgan fingerprint density at radius 1 is 1.39 bits per heavy atom. The third kappa shape index (κ3) is 3.23. The predicted octanol–water partition coefficient (Wildman–Crippen LogP) is 2.86. The van der Waals surface area contributed by atoms with Gasteiger partial charge in [0.25, 0.3) is 0 Å². The molecule has 4 heterocycles. The number of benzene rings is 1. The van der Waals surface area contributed by atoms with Crippen LogP contribution in [0, 0.1) is 5.92 Å². The van der Waals surface area contributed by atoms with Gasteiger partial charge in [-0.05, 0) is 56.5 Å². The summed E-state index contributed by atoms with van der Waals surface area (Å²) in [6, 6.07) is 6.90. The second kappa shape index (κ2) is 6.75. The van der Waals surface area contributed by atoms with Crippen molar-refractivity contribution in [3.8, 4) is 0 Å². The number of halogens is 1. The summed E-state index contributed by atoms with van der Waals surface area (Å²) < 4.78 is 1.15. The molecule has 4 nitrogen and oxygen atoms in total. The summed E-state index contributed by atoms with van der Waals surface area (Å²) >= 11 is 1.62. The Hall–Kier alpha value is -1.17. The Morgan fingerprint density at radius 3 is 2.91 bits per heavy atom. The number of piperidine rings is 3. The molecular weight excluding hydrogens is 330 g/mol. The zero-order valence-corrected chi connectivity index (χ0v) is 14.8. The van der Waals surface area contributed by atoms with Crippen molar-refractivity contribution in [2.45, 2.75) is 38.3 Å². The van der Waals surface area contributed by atoms with Gasteiger partial charge in [-0.1, -0.05) is 6.07 Å². The van der Waals surface area contributed by atoms with Crippen LogP contribution in [-0.2, 0) is 11.2 Å². The molecule has 0 unspecified atom stereocenters. The molecule has 2 bridgehead atoms. The number of fused-ring (bicyclic) bond motifs is 4. The van der Waals surface area contributed by atoms with Gasteiger partial charge in [-0.3, -0.25) is 9.69 Å². The Balaban J connectivity index is 0.00000156. The van der Waals surface area contributed by atoms with E-state index in [1.807, 2.05) is 17.6 Å². The molecular formula is C17H22ClN3OS. The number of nitrogens with zero attached hydrogens (tertiary/aromatic N) is 2. The first-order valence-corrected chi connectivity index (χ1v) is 8.94. The number of hydrogen-bond acceptors (Lipinski definition) is 4. The van der Waals surface area contributed by atoms with Gasteiger partial charge in [-0.15, -0.1) is 23.7 Å². The van der Waals surface area contributed by atoms with Crippen LogP contribution >= 0.6 is 23.7 Å². The van der Waals surface area contributed by atoms with Gasteiger partial charge in [0.2, 0.25) is 5.91 Å². The van der Waals surface area contributed by atoms with Gasteiger partial charge in [-0.25, -0.2) is 4.98 Å². The van der Waals surface area contributed by atoms with E-state index < -0.39 is 0 Å². The van der Waals surface area contributed by atoms with E-state index in [0.29, 0.717) is 24.4 Å². The molecule has 23 heavy (non-hydrogen) atoms. The molecule has 1 N–H and O–H groups in total. The van der Waals surface area contributed by atoms with Crippen LogP contribution in [0.4, 0.5) is 0 Å². The Bertz CT molecular complexity index is 694. The molecule has 1 aromatic heterocycles. The van der Waals surface area contributed by atoms with Gasteiger partial charge in [0.15, 0.2) is 0 Å². The lowest BCUT2D eigenvalue weighted by Crippen LogP contribution is -2.62. The van der Waals surface area contributed by atoms with E-state index in [1.165, 1.54) is 25.9 Å². The van der Waals surface area contributed by atoms with Crippen molar-refractivity contribution in [2.75, 3.05) is 13.1 Å². The van der Waals surface area contributed by atoms with Crippen molar-refractivity contribution >= 4 is 39.9 Å². The van der Waals surface area contributed by atoms with Gasteiger partial charge in [-0.2, -0.15) is 0 Å². The van der Waals surface area contributed by atoms with Crippen LogP contribution in [0.15, 0.2) is 23.7 Å². The van der Waals surface area contributed by atoms with Gasteiger partial charge >= 0.3 is 0 Å². The van der Waals surface area contributed by atoms with Crippen LogP contribution in [0.3, 0.4) is 0 Å². The third-order valence-electron chi connectivity index (χ3n) is 5.27. The second-order valence-corrected chi connectivity index (χ2v) is 7.42. The highest BCUT2D eigenvalue weighted by molar-refractivity contribution is 7.16. The first-order chi connectivity index (χ1) is 10.7. The van der Waals surface area contributed by atoms with Gasteiger partial charge in [0.05, 0.1) is 22.1 Å². The average molecular weight is 352 g/mol. The summed E-state index contributed by atoms with van der Waals surface area (Å²) in [7, 11) is 0. The minimum Gasteiger partial charge on any atom is -0.351 e. The SMILES string of the molecule is C[C@@H]1[C@H](NC(=O)Cc2ccc3ncsc3c2)C2CCN1CC2.Cl. The number of carbonyl (C=O) groups excluding carboxylic acids is 1. The van der Waals surface area contributed by atoms with Crippen molar-refractivity contribution in [3.05, 3.63) is 29.3 Å². The first kappa shape index (κ1) is 16.7. The van der Waals surface area contributed by atoms with Crippen LogP contribution in [0.2, 0.25) is 0 Å². The van der Waals surface area contributed by atoms with Crippen molar-refractivity contribution < 1.29 is 4.79 Å². The van der Waals surface area contributed by atoms with E-state index >= 15 is 0 Å². The van der Waals surface area contributed by atoms with E-state index in [2.05, 4.69) is 28.2 Å². The number of aromatic nitrogens is 1. The van der Waals surface area contributed by atoms with Gasteiger partial charge < -0.3 is 5.32 Å². The number of thiazole rings is 1. The molecule has 3 aliphatic heterocycles. The molecule has 1 amide bonds. The maximum atomic E-state index is 12.4. The second-order valence-electron chi connectivity index (χ2n) is 6.54. The van der Waals surface area contributed by atoms with Crippen LogP contribution < -0.4 is 5.32 Å². The average Bonchev–Trinajstić information content (AvgIpc) is 2.99. The summed E-state index contributed by atoms with van der Waals surface area (Å²) in [5, 5.41) is 3.30. The number of hydrogen-bond donors (Lipinski definition) is 1. The Labute approximate surface area is 146 Å². The summed E-state index contributed by atoms with van der Waals surface area (Å²) in [4.78, 5) is 19.2. The molecule has 2 atom stereocenters. The Kier molecular flexibility index (Phi) is 4.90. The summed E-state index contributed by atoms with van der Waals surface area (Å²) in [5.74, 6) is 0.808. The van der Waals surface area contributed by atoms with Gasteiger partial charge in [0.1, 0.15) is 0 Å². The van der Waals surface area contributed by atoms with E-state index in [1.54, 1.807) is 11.3 Å². The largest absolute Gasteiger partial charge is 0.351 e. The zero-order valence-electron chi connectivity index (χ0n) is 13.2. The first-order valence-electron chi connectivity index (χ1n) is 8.06. The van der Waals surface area contributed by atoms with Gasteiger partial charge in [0, 0.05) is 12.1 Å². The third-order valence-corrected chi connectivity index (χ3v) is 6.06. The highest BCUT2D eigenvalue weighted by Crippen LogP contribution is 2.32. The molecule has 0 saturated carbocycles. The molecule has 0 spiro atoms. The number of nitrogens with one attached hydrogen (secondary N) is 1. The predicted molar refractivity (Wildman–Crippen MR) is 96.3 cm³/mol. The van der Waals surface area contributed by atoms with Crippen LogP contribution in [0.25, 0.3) is 10.2 Å². The molecule has 5 rings (SSSR count). The van der Waals surface area contributed by atoms with Crippen molar-refractivity contribution in [3.63, 3.8) is 0 Å². The summed E-state index contributed by atoms with van der Waals surface area (Å²) in [6.45, 7) is 4.64. The van der Waals surface area contributed by atoms with E-state index in [-0.39, 0.29) is 18.3 Å². The maximum Gasteiger partial charge on any atom is 0.224 e. The van der Waals surface area contributed by atoms with Crippen LogP contribution in [-0.4, -0.2) is 41.0 Å². The molecule has 0 radical (unpaired) electrons. The van der Waals surface area contributed by atoms with Crippen LogP contribution in [0.5, 0.6) is 0 Å². The number of carbonyl (C=O) groups is 1. The van der Waals surface area contributed by atoms with E-state index in [4.69, 9.17) is 0 Å². The summed E-state index contributed by atoms with van der Waals surface area (Å²) in [6.07, 6.45) is 2.91. The van der Waals surface area contributed by atoms with Crippen molar-refractivity contribution in [1.29, 1.82) is 0 Å². The minimum absolute atomic E-state index is 0. The molecule has 3 fully saturated rings. The standard InChI is InChI=1S/C17H21N3OS.ClH/c1-11-17(13-4-6-20(11)7-5-13)19-16(21)9-12-2-3-14-15(8-12)22-10-18-14;/h2-3,8,10-11,13,17H,4-7,9H2,1H3,(H,19,21);1H/t11-,17+;/m1./s1. The monoisotopic (exact) mass is 351 g/mol. The van der Waals surface area contributed by atoms with Crippen molar-refractivity contribution in [2.24, 2.45) is 5.92 Å². The molecule has 0 aliphatic carbocycles. The Morgan fingerprint density at radius 2 is 2.17 bits per heavy atom. The quantitative estimate of drug-likeness (QED) is 0.924. The van der Waals surface area contributed by atoms with Crippen molar-refractivity contribution in [1.82, 2.24) is 15.2 Å². The lowest BCUT2D eigenvalue weighted by molar-refractivity contribution is -0.123. The fourth-order valence-electron chi connectivity index (χ4n) is 3.98.